The number of aromatic nitrogens is 4. The molecule has 0 bridgehead atoms. The first-order chi connectivity index (χ1) is 11.1. The van der Waals surface area contributed by atoms with Gasteiger partial charge in [0.05, 0.1) is 12.0 Å². The van der Waals surface area contributed by atoms with E-state index >= 15 is 0 Å². The van der Waals surface area contributed by atoms with Crippen LogP contribution in [0.1, 0.15) is 6.42 Å². The van der Waals surface area contributed by atoms with Gasteiger partial charge in [0.25, 0.3) is 0 Å². The average molecular weight is 316 g/mol. The van der Waals surface area contributed by atoms with Gasteiger partial charge in [0, 0.05) is 32.0 Å². The Morgan fingerprint density at radius 1 is 1.52 bits per heavy atom. The number of carbonyl (C=O) groups is 1. The molecule has 8 heteroatoms. The lowest BCUT2D eigenvalue weighted by atomic mass is 9.87. The molecule has 1 fully saturated rings. The van der Waals surface area contributed by atoms with Gasteiger partial charge in [-0.25, -0.2) is 4.68 Å². The number of rotatable bonds is 5. The lowest BCUT2D eigenvalue weighted by Gasteiger charge is -2.26. The van der Waals surface area contributed by atoms with Crippen molar-refractivity contribution in [3.63, 3.8) is 0 Å². The molecule has 0 spiro atoms. The van der Waals surface area contributed by atoms with Crippen molar-refractivity contribution in [2.24, 2.45) is 12.5 Å². The van der Waals surface area contributed by atoms with Crippen LogP contribution in [0.5, 0.6) is 0 Å². The molecule has 122 valence electrons. The molecule has 2 N–H and O–H groups in total. The highest BCUT2D eigenvalue weighted by Crippen LogP contribution is 2.28. The maximum Gasteiger partial charge on any atom is 0.234 e. The summed E-state index contributed by atoms with van der Waals surface area (Å²) in [6.07, 6.45) is 0.763. The smallest absolute Gasteiger partial charge is 0.234 e. The molecule has 1 aliphatic rings. The Labute approximate surface area is 134 Å². The van der Waals surface area contributed by atoms with Crippen LogP contribution in [-0.2, 0) is 16.6 Å². The largest absolute Gasteiger partial charge is 0.384 e. The van der Waals surface area contributed by atoms with Gasteiger partial charge in [-0.05, 0) is 35.5 Å². The third kappa shape index (κ3) is 3.08. The Bertz CT molecular complexity index is 693. The number of hydrogen-bond donors (Lipinski definition) is 2. The molecule has 1 aromatic carbocycles. The second kappa shape index (κ2) is 6.43. The number of anilines is 1. The molecule has 0 aliphatic carbocycles. The number of amides is 1. The molecule has 1 aliphatic heterocycles. The topological polar surface area (TPSA) is 94.0 Å². The van der Waals surface area contributed by atoms with Gasteiger partial charge in [-0.3, -0.25) is 4.79 Å². The van der Waals surface area contributed by atoms with Gasteiger partial charge >= 0.3 is 0 Å². The van der Waals surface area contributed by atoms with Crippen molar-refractivity contribution in [2.45, 2.75) is 6.42 Å². The standard InChI is InChI=1S/C15H20N6O2/c1-21-13(18-19-20-21)11-4-3-5-12(8-11)17-14(22)15(10-23-2)6-7-16-9-15/h3-5,8,16H,6-7,9-10H2,1-2H3,(H,17,22). The number of benzene rings is 1. The van der Waals surface area contributed by atoms with Crippen LogP contribution in [0.2, 0.25) is 0 Å². The minimum atomic E-state index is -0.517. The molecule has 1 atom stereocenters. The van der Waals surface area contributed by atoms with E-state index in [4.69, 9.17) is 4.74 Å². The summed E-state index contributed by atoms with van der Waals surface area (Å²) < 4.78 is 6.85. The summed E-state index contributed by atoms with van der Waals surface area (Å²) in [6, 6.07) is 7.50. The van der Waals surface area contributed by atoms with E-state index in [0.29, 0.717) is 19.0 Å². The van der Waals surface area contributed by atoms with Gasteiger partial charge in [-0.1, -0.05) is 12.1 Å². The van der Waals surface area contributed by atoms with Gasteiger partial charge < -0.3 is 15.4 Å². The Morgan fingerprint density at radius 2 is 2.39 bits per heavy atom. The third-order valence-electron chi connectivity index (χ3n) is 4.14. The quantitative estimate of drug-likeness (QED) is 0.831. The van der Waals surface area contributed by atoms with Crippen LogP contribution in [0, 0.1) is 5.41 Å². The van der Waals surface area contributed by atoms with Crippen molar-refractivity contribution < 1.29 is 9.53 Å². The lowest BCUT2D eigenvalue weighted by Crippen LogP contribution is -2.41. The molecule has 2 aromatic rings. The average Bonchev–Trinajstić information content (AvgIpc) is 3.18. The highest BCUT2D eigenvalue weighted by molar-refractivity contribution is 5.96. The molecular formula is C15H20N6O2. The summed E-state index contributed by atoms with van der Waals surface area (Å²) in [5.41, 5.74) is 1.05. The van der Waals surface area contributed by atoms with Crippen molar-refractivity contribution in [3.05, 3.63) is 24.3 Å². The predicted molar refractivity (Wildman–Crippen MR) is 84.7 cm³/mol. The zero-order valence-corrected chi connectivity index (χ0v) is 13.2. The normalized spacial score (nSPS) is 20.6. The minimum Gasteiger partial charge on any atom is -0.384 e. The van der Waals surface area contributed by atoms with E-state index in [2.05, 4.69) is 26.2 Å². The first kappa shape index (κ1) is 15.6. The number of tetrazole rings is 1. The van der Waals surface area contributed by atoms with Crippen LogP contribution in [0.4, 0.5) is 5.69 Å². The summed E-state index contributed by atoms with van der Waals surface area (Å²) >= 11 is 0. The Hall–Kier alpha value is -2.32. The number of nitrogens with one attached hydrogen (secondary N) is 2. The maximum atomic E-state index is 12.7. The molecule has 0 saturated carbocycles. The molecule has 2 heterocycles. The first-order valence-electron chi connectivity index (χ1n) is 7.48. The zero-order chi connectivity index (χ0) is 16.3. The monoisotopic (exact) mass is 316 g/mol. The van der Waals surface area contributed by atoms with Gasteiger partial charge in [-0.15, -0.1) is 5.10 Å². The van der Waals surface area contributed by atoms with Crippen LogP contribution in [0.3, 0.4) is 0 Å². The SMILES string of the molecule is COCC1(C(=O)Nc2cccc(-c3nnnn3C)c2)CCNC1. The van der Waals surface area contributed by atoms with E-state index in [1.807, 2.05) is 24.3 Å². The van der Waals surface area contributed by atoms with Gasteiger partial charge in [0.2, 0.25) is 5.91 Å². The molecule has 1 unspecified atom stereocenters. The van der Waals surface area contributed by atoms with Crippen molar-refractivity contribution in [1.29, 1.82) is 0 Å². The highest BCUT2D eigenvalue weighted by atomic mass is 16.5. The number of carbonyl (C=O) groups excluding carboxylic acids is 1. The molecule has 23 heavy (non-hydrogen) atoms. The summed E-state index contributed by atoms with van der Waals surface area (Å²) in [5.74, 6) is 0.618. The molecule has 3 rings (SSSR count). The summed E-state index contributed by atoms with van der Waals surface area (Å²) in [5, 5.41) is 17.7. The number of hydrogen-bond acceptors (Lipinski definition) is 6. The third-order valence-corrected chi connectivity index (χ3v) is 4.14. The van der Waals surface area contributed by atoms with E-state index in [-0.39, 0.29) is 5.91 Å². The molecule has 1 saturated heterocycles. The lowest BCUT2D eigenvalue weighted by molar-refractivity contribution is -0.127. The minimum absolute atomic E-state index is 0.0300. The predicted octanol–water partition coefficient (Wildman–Crippen LogP) is 0.442. The number of aryl methyl sites for hydroxylation is 1. The van der Waals surface area contributed by atoms with E-state index in [0.717, 1.165) is 24.2 Å². The van der Waals surface area contributed by atoms with Crippen LogP contribution < -0.4 is 10.6 Å². The van der Waals surface area contributed by atoms with Crippen molar-refractivity contribution >= 4 is 11.6 Å². The first-order valence-corrected chi connectivity index (χ1v) is 7.48. The van der Waals surface area contributed by atoms with E-state index < -0.39 is 5.41 Å². The Morgan fingerprint density at radius 3 is 3.04 bits per heavy atom. The second-order valence-electron chi connectivity index (χ2n) is 5.80. The molecule has 1 aromatic heterocycles. The van der Waals surface area contributed by atoms with Crippen LogP contribution in [-0.4, -0.2) is 52.9 Å². The number of nitrogens with zero attached hydrogens (tertiary/aromatic N) is 4. The fraction of sp³-hybridized carbons (Fsp3) is 0.467. The van der Waals surface area contributed by atoms with Crippen molar-refractivity contribution in [1.82, 2.24) is 25.5 Å². The Kier molecular flexibility index (Phi) is 4.35. The van der Waals surface area contributed by atoms with Crippen molar-refractivity contribution in [2.75, 3.05) is 32.1 Å². The van der Waals surface area contributed by atoms with Crippen molar-refractivity contribution in [3.8, 4) is 11.4 Å². The fourth-order valence-electron chi connectivity index (χ4n) is 2.88. The van der Waals surface area contributed by atoms with E-state index in [1.165, 1.54) is 0 Å². The van der Waals surface area contributed by atoms with Crippen LogP contribution >= 0.6 is 0 Å². The maximum absolute atomic E-state index is 12.7. The highest BCUT2D eigenvalue weighted by Gasteiger charge is 2.41. The number of methoxy groups -OCH3 is 1. The molecule has 0 radical (unpaired) electrons. The molecule has 1 amide bonds. The molecule has 8 nitrogen and oxygen atoms in total. The summed E-state index contributed by atoms with van der Waals surface area (Å²) in [6.45, 7) is 1.85. The Balaban J connectivity index is 1.80. The van der Waals surface area contributed by atoms with Gasteiger partial charge in [0.15, 0.2) is 5.82 Å². The van der Waals surface area contributed by atoms with Crippen LogP contribution in [0.25, 0.3) is 11.4 Å². The zero-order valence-electron chi connectivity index (χ0n) is 13.2. The van der Waals surface area contributed by atoms with Gasteiger partial charge in [0.1, 0.15) is 0 Å². The van der Waals surface area contributed by atoms with E-state index in [9.17, 15) is 4.79 Å². The van der Waals surface area contributed by atoms with E-state index in [1.54, 1.807) is 18.8 Å². The fourth-order valence-corrected chi connectivity index (χ4v) is 2.88. The second-order valence-corrected chi connectivity index (χ2v) is 5.80. The summed E-state index contributed by atoms with van der Waals surface area (Å²) in [7, 11) is 3.40. The van der Waals surface area contributed by atoms with Crippen LogP contribution in [0.15, 0.2) is 24.3 Å². The molecular weight excluding hydrogens is 296 g/mol. The summed E-state index contributed by atoms with van der Waals surface area (Å²) in [4.78, 5) is 12.7. The van der Waals surface area contributed by atoms with Gasteiger partial charge in [-0.2, -0.15) is 0 Å². The number of ether oxygens (including phenoxy) is 1.